The number of halogens is 2. The Bertz CT molecular complexity index is 563. The first kappa shape index (κ1) is 13.1. The van der Waals surface area contributed by atoms with Crippen molar-refractivity contribution < 1.29 is 4.39 Å². The van der Waals surface area contributed by atoms with Crippen LogP contribution in [0.2, 0.25) is 0 Å². The van der Waals surface area contributed by atoms with Crippen LogP contribution in [0, 0.1) is 5.82 Å². The van der Waals surface area contributed by atoms with Gasteiger partial charge in [0.2, 0.25) is 0 Å². The van der Waals surface area contributed by atoms with E-state index in [1.807, 2.05) is 0 Å². The number of fused-ring (bicyclic) bond motifs is 1. The molecule has 3 rings (SSSR count). The van der Waals surface area contributed by atoms with Gasteiger partial charge in [0.25, 0.3) is 0 Å². The highest BCUT2D eigenvalue weighted by Gasteiger charge is 2.37. The summed E-state index contributed by atoms with van der Waals surface area (Å²) in [6.45, 7) is 4.17. The van der Waals surface area contributed by atoms with Crippen molar-refractivity contribution in [1.29, 1.82) is 0 Å². The molecule has 0 spiro atoms. The SMILES string of the molecule is CCCC1(c2nc3cc(Br)c(F)cc3[nH]2)CCNC1. The van der Waals surface area contributed by atoms with E-state index in [-0.39, 0.29) is 11.2 Å². The number of hydrogen-bond donors (Lipinski definition) is 2. The first-order valence-corrected chi connectivity index (χ1v) is 7.50. The summed E-state index contributed by atoms with van der Waals surface area (Å²) < 4.78 is 14.0. The summed E-state index contributed by atoms with van der Waals surface area (Å²) in [5, 5.41) is 3.42. The molecular formula is C14H17BrFN3. The average molecular weight is 326 g/mol. The second-order valence-corrected chi connectivity index (χ2v) is 6.18. The largest absolute Gasteiger partial charge is 0.341 e. The highest BCUT2D eigenvalue weighted by molar-refractivity contribution is 9.10. The molecule has 0 aliphatic carbocycles. The molecule has 0 saturated carbocycles. The van der Waals surface area contributed by atoms with Crippen molar-refractivity contribution in [2.45, 2.75) is 31.6 Å². The fourth-order valence-corrected chi connectivity index (χ4v) is 3.34. The van der Waals surface area contributed by atoms with Crippen LogP contribution >= 0.6 is 15.9 Å². The van der Waals surface area contributed by atoms with Gasteiger partial charge >= 0.3 is 0 Å². The second kappa shape index (κ2) is 4.87. The summed E-state index contributed by atoms with van der Waals surface area (Å²) in [6, 6.07) is 3.25. The minimum atomic E-state index is -0.253. The van der Waals surface area contributed by atoms with Gasteiger partial charge < -0.3 is 10.3 Å². The lowest BCUT2D eigenvalue weighted by Crippen LogP contribution is -2.30. The monoisotopic (exact) mass is 325 g/mol. The zero-order valence-electron chi connectivity index (χ0n) is 10.9. The maximum atomic E-state index is 13.6. The second-order valence-electron chi connectivity index (χ2n) is 5.33. The normalized spacial score (nSPS) is 23.3. The van der Waals surface area contributed by atoms with Crippen LogP contribution < -0.4 is 5.32 Å². The first-order valence-electron chi connectivity index (χ1n) is 6.70. The molecule has 1 atom stereocenters. The van der Waals surface area contributed by atoms with Gasteiger partial charge in [-0.05, 0) is 41.4 Å². The Balaban J connectivity index is 2.09. The molecule has 1 fully saturated rings. The molecule has 0 amide bonds. The number of nitrogens with zero attached hydrogens (tertiary/aromatic N) is 1. The molecule has 5 heteroatoms. The lowest BCUT2D eigenvalue weighted by molar-refractivity contribution is 0.406. The van der Waals surface area contributed by atoms with Gasteiger partial charge in [0, 0.05) is 18.0 Å². The maximum absolute atomic E-state index is 13.6. The Morgan fingerprint density at radius 2 is 2.32 bits per heavy atom. The van der Waals surface area contributed by atoms with Crippen molar-refractivity contribution in [2.24, 2.45) is 0 Å². The molecule has 3 nitrogen and oxygen atoms in total. The molecule has 102 valence electrons. The Labute approximate surface area is 120 Å². The molecule has 19 heavy (non-hydrogen) atoms. The molecule has 1 aromatic carbocycles. The minimum Gasteiger partial charge on any atom is -0.341 e. The lowest BCUT2D eigenvalue weighted by Gasteiger charge is -2.25. The van der Waals surface area contributed by atoms with E-state index in [0.717, 1.165) is 49.2 Å². The number of hydrogen-bond acceptors (Lipinski definition) is 2. The lowest BCUT2D eigenvalue weighted by atomic mass is 9.82. The highest BCUT2D eigenvalue weighted by Crippen LogP contribution is 2.35. The van der Waals surface area contributed by atoms with Crippen molar-refractivity contribution in [3.8, 4) is 0 Å². The van der Waals surface area contributed by atoms with Crippen LogP contribution in [-0.2, 0) is 5.41 Å². The van der Waals surface area contributed by atoms with Crippen molar-refractivity contribution in [3.05, 3.63) is 28.2 Å². The predicted molar refractivity (Wildman–Crippen MR) is 77.8 cm³/mol. The zero-order valence-corrected chi connectivity index (χ0v) is 12.5. The van der Waals surface area contributed by atoms with Gasteiger partial charge in [-0.15, -0.1) is 0 Å². The number of rotatable bonds is 3. The molecule has 1 aliphatic rings. The van der Waals surface area contributed by atoms with Gasteiger partial charge in [-0.25, -0.2) is 9.37 Å². The number of aromatic amines is 1. The van der Waals surface area contributed by atoms with E-state index in [0.29, 0.717) is 4.47 Å². The molecule has 2 aromatic rings. The predicted octanol–water partition coefficient (Wildman–Crippen LogP) is 3.50. The van der Waals surface area contributed by atoms with Crippen LogP contribution in [0.15, 0.2) is 16.6 Å². The summed E-state index contributed by atoms with van der Waals surface area (Å²) in [5.41, 5.74) is 1.68. The van der Waals surface area contributed by atoms with Gasteiger partial charge in [0.15, 0.2) is 0 Å². The minimum absolute atomic E-state index is 0.0801. The standard InChI is InChI=1S/C14H17BrFN3/c1-2-3-14(4-5-17-8-14)13-18-11-6-9(15)10(16)7-12(11)19-13/h6-7,17H,2-5,8H2,1H3,(H,18,19). The molecule has 1 aliphatic heterocycles. The van der Waals surface area contributed by atoms with E-state index in [9.17, 15) is 4.39 Å². The fraction of sp³-hybridized carbons (Fsp3) is 0.500. The first-order chi connectivity index (χ1) is 9.14. The highest BCUT2D eigenvalue weighted by atomic mass is 79.9. The van der Waals surface area contributed by atoms with Crippen LogP contribution in [0.25, 0.3) is 11.0 Å². The smallest absolute Gasteiger partial charge is 0.139 e. The summed E-state index contributed by atoms with van der Waals surface area (Å²) in [4.78, 5) is 8.01. The van der Waals surface area contributed by atoms with E-state index in [2.05, 4.69) is 33.2 Å². The Morgan fingerprint density at radius 3 is 3.00 bits per heavy atom. The zero-order chi connectivity index (χ0) is 13.5. The van der Waals surface area contributed by atoms with Gasteiger partial charge in [-0.1, -0.05) is 13.3 Å². The Hall–Kier alpha value is -0.940. The fourth-order valence-electron chi connectivity index (χ4n) is 3.01. The van der Waals surface area contributed by atoms with Gasteiger partial charge in [-0.3, -0.25) is 0 Å². The summed E-state index contributed by atoms with van der Waals surface area (Å²) in [6.07, 6.45) is 3.31. The van der Waals surface area contributed by atoms with Crippen LogP contribution in [-0.4, -0.2) is 23.1 Å². The molecule has 2 heterocycles. The Kier molecular flexibility index (Phi) is 3.35. The van der Waals surface area contributed by atoms with E-state index in [1.165, 1.54) is 6.07 Å². The van der Waals surface area contributed by atoms with E-state index in [4.69, 9.17) is 4.98 Å². The number of benzene rings is 1. The number of nitrogens with one attached hydrogen (secondary N) is 2. The molecule has 2 N–H and O–H groups in total. The van der Waals surface area contributed by atoms with Crippen LogP contribution in [0.1, 0.15) is 32.0 Å². The third kappa shape index (κ3) is 2.19. The quantitative estimate of drug-likeness (QED) is 0.906. The average Bonchev–Trinajstić information content (AvgIpc) is 2.98. The van der Waals surface area contributed by atoms with Gasteiger partial charge in [-0.2, -0.15) is 0 Å². The number of aromatic nitrogens is 2. The molecule has 0 bridgehead atoms. The summed E-state index contributed by atoms with van der Waals surface area (Å²) >= 11 is 3.21. The molecular weight excluding hydrogens is 309 g/mol. The van der Waals surface area contributed by atoms with Crippen molar-refractivity contribution in [2.75, 3.05) is 13.1 Å². The topological polar surface area (TPSA) is 40.7 Å². The van der Waals surface area contributed by atoms with Crippen molar-refractivity contribution in [3.63, 3.8) is 0 Å². The molecule has 0 radical (unpaired) electrons. The molecule has 1 saturated heterocycles. The van der Waals surface area contributed by atoms with E-state index in [1.54, 1.807) is 6.07 Å². The third-order valence-electron chi connectivity index (χ3n) is 4.00. The van der Waals surface area contributed by atoms with E-state index >= 15 is 0 Å². The van der Waals surface area contributed by atoms with Crippen LogP contribution in [0.4, 0.5) is 4.39 Å². The van der Waals surface area contributed by atoms with Crippen molar-refractivity contribution >= 4 is 27.0 Å². The molecule has 1 aromatic heterocycles. The Morgan fingerprint density at radius 1 is 1.47 bits per heavy atom. The van der Waals surface area contributed by atoms with Gasteiger partial charge in [0.1, 0.15) is 11.6 Å². The van der Waals surface area contributed by atoms with Gasteiger partial charge in [0.05, 0.1) is 15.5 Å². The number of imidazole rings is 1. The van der Waals surface area contributed by atoms with Crippen LogP contribution in [0.3, 0.4) is 0 Å². The van der Waals surface area contributed by atoms with Crippen LogP contribution in [0.5, 0.6) is 0 Å². The maximum Gasteiger partial charge on any atom is 0.139 e. The van der Waals surface area contributed by atoms with E-state index < -0.39 is 0 Å². The molecule has 1 unspecified atom stereocenters. The third-order valence-corrected chi connectivity index (χ3v) is 4.61. The number of H-pyrrole nitrogens is 1. The van der Waals surface area contributed by atoms with Crippen molar-refractivity contribution in [1.82, 2.24) is 15.3 Å². The summed E-state index contributed by atoms with van der Waals surface area (Å²) in [5.74, 6) is 0.739. The summed E-state index contributed by atoms with van der Waals surface area (Å²) in [7, 11) is 0.